The maximum atomic E-state index is 12.4. The lowest BCUT2D eigenvalue weighted by atomic mass is 10.1. The van der Waals surface area contributed by atoms with Crippen molar-refractivity contribution in [3.05, 3.63) is 68.2 Å². The van der Waals surface area contributed by atoms with Crippen molar-refractivity contribution in [2.24, 2.45) is 0 Å². The first kappa shape index (κ1) is 17.6. The summed E-state index contributed by atoms with van der Waals surface area (Å²) in [5.41, 5.74) is 0.984. The lowest BCUT2D eigenvalue weighted by Crippen LogP contribution is -2.27. The summed E-state index contributed by atoms with van der Waals surface area (Å²) in [4.78, 5) is 10.2. The molecule has 6 nitrogen and oxygen atoms in total. The summed E-state index contributed by atoms with van der Waals surface area (Å²) in [6.45, 7) is 3.27. The van der Waals surface area contributed by atoms with Crippen LogP contribution in [-0.4, -0.2) is 13.3 Å². The highest BCUT2D eigenvalue weighted by atomic mass is 79.9. The molecule has 0 radical (unpaired) electrons. The number of rotatable bonds is 5. The van der Waals surface area contributed by atoms with Crippen LogP contribution in [0.5, 0.6) is 0 Å². The Kier molecular flexibility index (Phi) is 5.18. The van der Waals surface area contributed by atoms with Gasteiger partial charge in [0, 0.05) is 22.1 Å². The summed E-state index contributed by atoms with van der Waals surface area (Å²) in [7, 11) is -3.86. The Morgan fingerprint density at radius 1 is 1.17 bits per heavy atom. The highest BCUT2D eigenvalue weighted by Gasteiger charge is 2.22. The third-order valence-electron chi connectivity index (χ3n) is 3.39. The van der Waals surface area contributed by atoms with Crippen molar-refractivity contribution in [1.82, 2.24) is 4.72 Å². The molecule has 0 aliphatic rings. The van der Waals surface area contributed by atoms with Crippen molar-refractivity contribution in [3.8, 4) is 0 Å². The van der Waals surface area contributed by atoms with E-state index in [1.165, 1.54) is 12.1 Å². The zero-order valence-corrected chi connectivity index (χ0v) is 14.9. The van der Waals surface area contributed by atoms with Crippen molar-refractivity contribution in [2.45, 2.75) is 24.8 Å². The topological polar surface area (TPSA) is 89.3 Å². The fraction of sp³-hybridized carbons (Fsp3) is 0.200. The molecule has 0 bridgehead atoms. The van der Waals surface area contributed by atoms with Crippen LogP contribution in [0.2, 0.25) is 0 Å². The van der Waals surface area contributed by atoms with Gasteiger partial charge in [-0.1, -0.05) is 34.1 Å². The molecule has 1 atom stereocenters. The monoisotopic (exact) mass is 398 g/mol. The molecule has 0 fully saturated rings. The SMILES string of the molecule is Cc1ccc(S(=O)(=O)N[C@@H](C)c2ccc(Br)cc2)cc1[N+](=O)[O-]. The molecule has 8 heteroatoms. The van der Waals surface area contributed by atoms with E-state index in [0.717, 1.165) is 16.1 Å². The minimum atomic E-state index is -3.86. The molecule has 0 aromatic heterocycles. The molecule has 0 unspecified atom stereocenters. The van der Waals surface area contributed by atoms with Crippen LogP contribution < -0.4 is 4.72 Å². The number of hydrogen-bond acceptors (Lipinski definition) is 4. The van der Waals surface area contributed by atoms with Gasteiger partial charge in [-0.2, -0.15) is 0 Å². The number of nitro benzene ring substituents is 1. The molecule has 2 aromatic rings. The van der Waals surface area contributed by atoms with Crippen LogP contribution >= 0.6 is 15.9 Å². The van der Waals surface area contributed by atoms with Gasteiger partial charge in [-0.25, -0.2) is 13.1 Å². The normalized spacial score (nSPS) is 12.8. The Labute approximate surface area is 142 Å². The third-order valence-corrected chi connectivity index (χ3v) is 5.46. The fourth-order valence-corrected chi connectivity index (χ4v) is 3.59. The first-order valence-electron chi connectivity index (χ1n) is 6.73. The van der Waals surface area contributed by atoms with Crippen molar-refractivity contribution in [2.75, 3.05) is 0 Å². The molecule has 0 aliphatic heterocycles. The lowest BCUT2D eigenvalue weighted by Gasteiger charge is -2.15. The van der Waals surface area contributed by atoms with Crippen LogP contribution in [0.4, 0.5) is 5.69 Å². The Morgan fingerprint density at radius 2 is 1.78 bits per heavy atom. The molecule has 23 heavy (non-hydrogen) atoms. The molecule has 0 heterocycles. The number of benzene rings is 2. The second-order valence-electron chi connectivity index (χ2n) is 5.10. The summed E-state index contributed by atoms with van der Waals surface area (Å²) in [5.74, 6) is 0. The van der Waals surface area contributed by atoms with Crippen LogP contribution in [0.3, 0.4) is 0 Å². The van der Waals surface area contributed by atoms with Crippen LogP contribution in [0.1, 0.15) is 24.1 Å². The minimum Gasteiger partial charge on any atom is -0.258 e. The Morgan fingerprint density at radius 3 is 2.35 bits per heavy atom. The van der Waals surface area contributed by atoms with Crippen molar-refractivity contribution in [1.29, 1.82) is 0 Å². The lowest BCUT2D eigenvalue weighted by molar-refractivity contribution is -0.385. The summed E-state index contributed by atoms with van der Waals surface area (Å²) in [6.07, 6.45) is 0. The van der Waals surface area contributed by atoms with E-state index in [1.807, 2.05) is 12.1 Å². The Hall–Kier alpha value is -1.77. The third kappa shape index (κ3) is 4.15. The van der Waals surface area contributed by atoms with Gasteiger partial charge in [-0.3, -0.25) is 10.1 Å². The number of aryl methyl sites for hydroxylation is 1. The number of sulfonamides is 1. The minimum absolute atomic E-state index is 0.126. The van der Waals surface area contributed by atoms with Gasteiger partial charge in [0.15, 0.2) is 0 Å². The number of hydrogen-bond donors (Lipinski definition) is 1. The van der Waals surface area contributed by atoms with E-state index >= 15 is 0 Å². The predicted molar refractivity (Wildman–Crippen MR) is 90.7 cm³/mol. The van der Waals surface area contributed by atoms with Crippen LogP contribution in [-0.2, 0) is 10.0 Å². The highest BCUT2D eigenvalue weighted by molar-refractivity contribution is 9.10. The largest absolute Gasteiger partial charge is 0.273 e. The summed E-state index contributed by atoms with van der Waals surface area (Å²) in [6, 6.07) is 10.6. The standard InChI is InChI=1S/C15H15BrN2O4S/c1-10-3-8-14(9-15(10)18(19)20)23(21,22)17-11(2)12-4-6-13(16)7-5-12/h3-9,11,17H,1-2H3/t11-/m0/s1. The van der Waals surface area contributed by atoms with Crippen LogP contribution in [0.25, 0.3) is 0 Å². The molecular weight excluding hydrogens is 384 g/mol. The molecule has 122 valence electrons. The number of nitrogens with zero attached hydrogens (tertiary/aromatic N) is 1. The van der Waals surface area contributed by atoms with E-state index in [-0.39, 0.29) is 10.6 Å². The van der Waals surface area contributed by atoms with E-state index in [2.05, 4.69) is 20.7 Å². The predicted octanol–water partition coefficient (Wildman–Crippen LogP) is 3.71. The van der Waals surface area contributed by atoms with Gasteiger partial charge in [-0.15, -0.1) is 0 Å². The molecule has 0 amide bonds. The van der Waals surface area contributed by atoms with Gasteiger partial charge in [0.05, 0.1) is 9.82 Å². The van der Waals surface area contributed by atoms with Crippen LogP contribution in [0.15, 0.2) is 51.8 Å². The fourth-order valence-electron chi connectivity index (χ4n) is 2.07. The zero-order valence-electron chi connectivity index (χ0n) is 12.5. The molecule has 0 saturated heterocycles. The van der Waals surface area contributed by atoms with Crippen LogP contribution in [0, 0.1) is 17.0 Å². The summed E-state index contributed by atoms with van der Waals surface area (Å²) < 4.78 is 28.3. The van der Waals surface area contributed by atoms with Gasteiger partial charge in [0.2, 0.25) is 10.0 Å². The molecule has 2 aromatic carbocycles. The van der Waals surface area contributed by atoms with Crippen molar-refractivity contribution < 1.29 is 13.3 Å². The van der Waals surface area contributed by atoms with Crippen molar-refractivity contribution in [3.63, 3.8) is 0 Å². The summed E-state index contributed by atoms with van der Waals surface area (Å²) in [5, 5.41) is 11.0. The van der Waals surface area contributed by atoms with E-state index < -0.39 is 21.0 Å². The molecule has 1 N–H and O–H groups in total. The van der Waals surface area contributed by atoms with Gasteiger partial charge in [0.25, 0.3) is 5.69 Å². The molecule has 0 aliphatic carbocycles. The van der Waals surface area contributed by atoms with Gasteiger partial charge in [0.1, 0.15) is 0 Å². The van der Waals surface area contributed by atoms with E-state index in [4.69, 9.17) is 0 Å². The average molecular weight is 399 g/mol. The number of halogens is 1. The Bertz CT molecular complexity index is 835. The van der Waals surface area contributed by atoms with Crippen molar-refractivity contribution >= 4 is 31.6 Å². The zero-order chi connectivity index (χ0) is 17.2. The quantitative estimate of drug-likeness (QED) is 0.613. The number of nitro groups is 1. The second-order valence-corrected chi connectivity index (χ2v) is 7.73. The van der Waals surface area contributed by atoms with E-state index in [9.17, 15) is 18.5 Å². The average Bonchev–Trinajstić information content (AvgIpc) is 2.47. The molecule has 0 saturated carbocycles. The Balaban J connectivity index is 2.30. The molecular formula is C15H15BrN2O4S. The van der Waals surface area contributed by atoms with E-state index in [0.29, 0.717) is 5.56 Å². The first-order chi connectivity index (χ1) is 10.7. The first-order valence-corrected chi connectivity index (χ1v) is 9.01. The maximum Gasteiger partial charge on any atom is 0.273 e. The van der Waals surface area contributed by atoms with Gasteiger partial charge in [-0.05, 0) is 37.6 Å². The van der Waals surface area contributed by atoms with Gasteiger partial charge >= 0.3 is 0 Å². The molecule has 2 rings (SSSR count). The van der Waals surface area contributed by atoms with E-state index in [1.54, 1.807) is 26.0 Å². The number of nitrogens with one attached hydrogen (secondary N) is 1. The second kappa shape index (κ2) is 6.77. The highest BCUT2D eigenvalue weighted by Crippen LogP contribution is 2.24. The summed E-state index contributed by atoms with van der Waals surface area (Å²) >= 11 is 3.32. The van der Waals surface area contributed by atoms with Gasteiger partial charge < -0.3 is 0 Å². The maximum absolute atomic E-state index is 12.4. The smallest absolute Gasteiger partial charge is 0.258 e. The molecule has 0 spiro atoms.